The van der Waals surface area contributed by atoms with E-state index in [2.05, 4.69) is 30.8 Å². The molecule has 0 amide bonds. The fourth-order valence-electron chi connectivity index (χ4n) is 0.974. The highest BCUT2D eigenvalue weighted by molar-refractivity contribution is 5.67. The normalized spacial score (nSPS) is 26.0. The van der Waals surface area contributed by atoms with Crippen molar-refractivity contribution >= 4 is 6.21 Å². The fraction of sp³-hybridized carbons (Fsp3) is 0.625. The van der Waals surface area contributed by atoms with E-state index in [9.17, 15) is 0 Å². The lowest BCUT2D eigenvalue weighted by atomic mass is 10.2. The minimum atomic E-state index is 0.448. The smallest absolute Gasteiger partial charge is 0.0610 e. The van der Waals surface area contributed by atoms with Crippen molar-refractivity contribution in [3.8, 4) is 0 Å². The summed E-state index contributed by atoms with van der Waals surface area (Å²) in [7, 11) is 2.09. The van der Waals surface area contributed by atoms with Gasteiger partial charge in [-0.15, -0.1) is 0 Å². The fourth-order valence-corrected chi connectivity index (χ4v) is 0.974. The van der Waals surface area contributed by atoms with Crippen molar-refractivity contribution in [3.63, 3.8) is 0 Å². The molecule has 0 spiro atoms. The van der Waals surface area contributed by atoms with Gasteiger partial charge in [-0.05, 0) is 20.8 Å². The van der Waals surface area contributed by atoms with Gasteiger partial charge in [0.2, 0.25) is 0 Å². The SMILES string of the molecule is CC1=C(C)N(C)C(C)C=N1. The van der Waals surface area contributed by atoms with Gasteiger partial charge in [-0.2, -0.15) is 0 Å². The standard InChI is InChI=1S/C8H14N2/c1-6-5-9-7(2)8(3)10(6)4/h5-6H,1-4H3. The molecule has 1 unspecified atom stereocenters. The maximum atomic E-state index is 4.26. The van der Waals surface area contributed by atoms with E-state index in [0.717, 1.165) is 5.70 Å². The van der Waals surface area contributed by atoms with Crippen molar-refractivity contribution in [1.29, 1.82) is 0 Å². The lowest BCUT2D eigenvalue weighted by Gasteiger charge is -2.28. The van der Waals surface area contributed by atoms with E-state index in [-0.39, 0.29) is 0 Å². The Kier molecular flexibility index (Phi) is 1.79. The van der Waals surface area contributed by atoms with Crippen molar-refractivity contribution in [2.24, 2.45) is 4.99 Å². The van der Waals surface area contributed by atoms with Crippen LogP contribution in [0.25, 0.3) is 0 Å². The molecular weight excluding hydrogens is 124 g/mol. The van der Waals surface area contributed by atoms with E-state index in [1.54, 1.807) is 0 Å². The molecule has 2 heteroatoms. The van der Waals surface area contributed by atoms with Crippen molar-refractivity contribution in [2.45, 2.75) is 26.8 Å². The molecular formula is C8H14N2. The molecule has 0 saturated heterocycles. The molecule has 0 aromatic heterocycles. The quantitative estimate of drug-likeness (QED) is 0.497. The molecule has 0 N–H and O–H groups in total. The summed E-state index contributed by atoms with van der Waals surface area (Å²) in [6.45, 7) is 6.27. The first kappa shape index (κ1) is 7.32. The van der Waals surface area contributed by atoms with Crippen LogP contribution in [0.3, 0.4) is 0 Å². The van der Waals surface area contributed by atoms with Crippen LogP contribution in [0.4, 0.5) is 0 Å². The predicted molar refractivity (Wildman–Crippen MR) is 44.1 cm³/mol. The molecule has 0 saturated carbocycles. The van der Waals surface area contributed by atoms with Crippen molar-refractivity contribution in [2.75, 3.05) is 7.05 Å². The van der Waals surface area contributed by atoms with Gasteiger partial charge < -0.3 is 4.90 Å². The van der Waals surface area contributed by atoms with Crippen LogP contribution in [0.15, 0.2) is 16.4 Å². The summed E-state index contributed by atoms with van der Waals surface area (Å²) >= 11 is 0. The second-order valence-corrected chi connectivity index (χ2v) is 2.80. The predicted octanol–water partition coefficient (Wildman–Crippen LogP) is 1.64. The number of allylic oxidation sites excluding steroid dienone is 2. The number of nitrogens with zero attached hydrogens (tertiary/aromatic N) is 2. The summed E-state index contributed by atoms with van der Waals surface area (Å²) in [6, 6.07) is 0.448. The van der Waals surface area contributed by atoms with Gasteiger partial charge in [-0.25, -0.2) is 0 Å². The van der Waals surface area contributed by atoms with Crippen LogP contribution in [0.1, 0.15) is 20.8 Å². The van der Waals surface area contributed by atoms with Crippen LogP contribution >= 0.6 is 0 Å². The first-order valence-electron chi connectivity index (χ1n) is 3.57. The Labute approximate surface area is 62.3 Å². The molecule has 1 heterocycles. The van der Waals surface area contributed by atoms with Gasteiger partial charge in [0, 0.05) is 19.0 Å². The molecule has 2 nitrogen and oxygen atoms in total. The Bertz CT molecular complexity index is 191. The van der Waals surface area contributed by atoms with Gasteiger partial charge >= 0.3 is 0 Å². The highest BCUT2D eigenvalue weighted by atomic mass is 15.2. The first-order chi connectivity index (χ1) is 4.63. The van der Waals surface area contributed by atoms with Crippen LogP contribution in [0, 0.1) is 0 Å². The van der Waals surface area contributed by atoms with E-state index in [1.165, 1.54) is 5.70 Å². The second-order valence-electron chi connectivity index (χ2n) is 2.80. The summed E-state index contributed by atoms with van der Waals surface area (Å²) < 4.78 is 0. The van der Waals surface area contributed by atoms with E-state index in [4.69, 9.17) is 0 Å². The molecule has 1 rings (SSSR count). The Morgan fingerprint density at radius 2 is 2.10 bits per heavy atom. The average Bonchev–Trinajstić information content (AvgIpc) is 1.93. The van der Waals surface area contributed by atoms with Gasteiger partial charge in [-0.1, -0.05) is 0 Å². The molecule has 0 bridgehead atoms. The van der Waals surface area contributed by atoms with Gasteiger partial charge in [0.25, 0.3) is 0 Å². The summed E-state index contributed by atoms with van der Waals surface area (Å²) in [5.74, 6) is 0. The molecule has 1 aliphatic rings. The molecule has 10 heavy (non-hydrogen) atoms. The highest BCUT2D eigenvalue weighted by Gasteiger charge is 2.12. The second kappa shape index (κ2) is 2.45. The average molecular weight is 138 g/mol. The van der Waals surface area contributed by atoms with E-state index < -0.39 is 0 Å². The van der Waals surface area contributed by atoms with Crippen LogP contribution in [0.2, 0.25) is 0 Å². The lowest BCUT2D eigenvalue weighted by molar-refractivity contribution is 0.384. The maximum Gasteiger partial charge on any atom is 0.0610 e. The molecule has 0 fully saturated rings. The summed E-state index contributed by atoms with van der Waals surface area (Å²) in [4.78, 5) is 6.48. The Morgan fingerprint density at radius 3 is 2.60 bits per heavy atom. The zero-order valence-electron chi connectivity index (χ0n) is 7.05. The third kappa shape index (κ3) is 1.06. The molecule has 1 aliphatic heterocycles. The van der Waals surface area contributed by atoms with Crippen LogP contribution in [0.5, 0.6) is 0 Å². The number of rotatable bonds is 0. The lowest BCUT2D eigenvalue weighted by Crippen LogP contribution is -2.31. The number of hydrogen-bond donors (Lipinski definition) is 0. The highest BCUT2D eigenvalue weighted by Crippen LogP contribution is 2.15. The number of hydrogen-bond acceptors (Lipinski definition) is 2. The first-order valence-corrected chi connectivity index (χ1v) is 3.57. The van der Waals surface area contributed by atoms with E-state index in [0.29, 0.717) is 6.04 Å². The van der Waals surface area contributed by atoms with Gasteiger partial charge in [-0.3, -0.25) is 4.99 Å². The zero-order valence-corrected chi connectivity index (χ0v) is 7.05. The van der Waals surface area contributed by atoms with E-state index >= 15 is 0 Å². The topological polar surface area (TPSA) is 15.6 Å². The largest absolute Gasteiger partial charge is 0.369 e. The zero-order chi connectivity index (χ0) is 7.72. The minimum absolute atomic E-state index is 0.448. The molecule has 1 atom stereocenters. The van der Waals surface area contributed by atoms with Crippen molar-refractivity contribution < 1.29 is 0 Å². The Balaban J connectivity index is 2.88. The molecule has 56 valence electrons. The van der Waals surface area contributed by atoms with Crippen LogP contribution in [-0.2, 0) is 0 Å². The Hall–Kier alpha value is -0.790. The van der Waals surface area contributed by atoms with Crippen LogP contribution < -0.4 is 0 Å². The van der Waals surface area contributed by atoms with Crippen molar-refractivity contribution in [1.82, 2.24) is 4.90 Å². The third-order valence-electron chi connectivity index (χ3n) is 2.15. The minimum Gasteiger partial charge on any atom is -0.369 e. The van der Waals surface area contributed by atoms with Gasteiger partial charge in [0.1, 0.15) is 0 Å². The Morgan fingerprint density at radius 1 is 1.50 bits per heavy atom. The van der Waals surface area contributed by atoms with Crippen molar-refractivity contribution in [3.05, 3.63) is 11.4 Å². The monoisotopic (exact) mass is 138 g/mol. The third-order valence-corrected chi connectivity index (χ3v) is 2.15. The molecule has 0 aromatic rings. The van der Waals surface area contributed by atoms with Gasteiger partial charge in [0.05, 0.1) is 11.7 Å². The summed E-state index contributed by atoms with van der Waals surface area (Å²) in [5.41, 5.74) is 2.40. The van der Waals surface area contributed by atoms with Gasteiger partial charge in [0.15, 0.2) is 0 Å². The summed E-state index contributed by atoms with van der Waals surface area (Å²) in [5, 5.41) is 0. The maximum absolute atomic E-state index is 4.26. The van der Waals surface area contributed by atoms with Crippen LogP contribution in [-0.4, -0.2) is 24.2 Å². The number of aliphatic imine (C=N–C) groups is 1. The molecule has 0 aliphatic carbocycles. The summed E-state index contributed by atoms with van der Waals surface area (Å²) in [6.07, 6.45) is 1.97. The van der Waals surface area contributed by atoms with E-state index in [1.807, 2.05) is 13.1 Å². The molecule has 0 radical (unpaired) electrons. The molecule has 0 aromatic carbocycles.